The van der Waals surface area contributed by atoms with Crippen molar-refractivity contribution in [2.24, 2.45) is 0 Å². The first-order valence-corrected chi connectivity index (χ1v) is 11.8. The lowest BCUT2D eigenvalue weighted by molar-refractivity contribution is -0.308. The third kappa shape index (κ3) is 3.73. The number of hydrogen-bond acceptors (Lipinski definition) is 11. The highest BCUT2D eigenvalue weighted by Gasteiger charge is 2.48. The van der Waals surface area contributed by atoms with Gasteiger partial charge in [0.15, 0.2) is 12.1 Å². The Morgan fingerprint density at radius 3 is 2.24 bits per heavy atom. The van der Waals surface area contributed by atoms with Crippen molar-refractivity contribution in [2.75, 3.05) is 0 Å². The number of carbonyl (C=O) groups excluding carboxylic acids is 2. The predicted molar refractivity (Wildman–Crippen MR) is 125 cm³/mol. The minimum absolute atomic E-state index is 0.0302. The van der Waals surface area contributed by atoms with E-state index in [1.54, 1.807) is 6.92 Å². The number of hydrogen-bond donors (Lipinski definition) is 7. The Balaban J connectivity index is 1.67. The maximum absolute atomic E-state index is 13.5. The fourth-order valence-electron chi connectivity index (χ4n) is 5.49. The molecular weight excluding hydrogens is 488 g/mol. The molecule has 7 N–H and O–H groups in total. The number of ether oxygens (including phenoxy) is 2. The van der Waals surface area contributed by atoms with E-state index in [9.17, 15) is 45.3 Å². The standard InChI is InChI=1S/C26H28O11/c1-8-4-5-10-14(17(8)27)22(32)16-15(19(10)29)20(30)11-6-26(3,35)7-12(13(11)21(16)31)37-25-24(34)23(33)18(28)9(2)36-25/h4-5,9,12,18,23-25,27-28,30-31,33-35H,6-7H2,1-3H3/t9-,12-,18-,23+,24+,25-,26+/m0/s1. The number of aliphatic hydroxyl groups excluding tert-OH is 3. The molecule has 0 radical (unpaired) electrons. The molecule has 0 saturated carbocycles. The van der Waals surface area contributed by atoms with Gasteiger partial charge >= 0.3 is 0 Å². The number of rotatable bonds is 2. The summed E-state index contributed by atoms with van der Waals surface area (Å²) in [5.41, 5.74) is -2.70. The maximum atomic E-state index is 13.5. The molecule has 0 aromatic heterocycles. The normalized spacial score (nSPS) is 33.1. The Morgan fingerprint density at radius 1 is 0.919 bits per heavy atom. The highest BCUT2D eigenvalue weighted by Crippen LogP contribution is 2.52. The van der Waals surface area contributed by atoms with Crippen molar-refractivity contribution >= 4 is 11.6 Å². The van der Waals surface area contributed by atoms with Gasteiger partial charge in [-0.05, 0) is 32.4 Å². The van der Waals surface area contributed by atoms with Crippen molar-refractivity contribution in [1.29, 1.82) is 0 Å². The van der Waals surface area contributed by atoms with E-state index in [0.29, 0.717) is 5.56 Å². The Kier molecular flexibility index (Phi) is 5.87. The van der Waals surface area contributed by atoms with Crippen LogP contribution in [-0.4, -0.2) is 83.6 Å². The maximum Gasteiger partial charge on any atom is 0.202 e. The molecule has 0 unspecified atom stereocenters. The number of fused-ring (bicyclic) bond motifs is 3. The first-order valence-electron chi connectivity index (χ1n) is 11.8. The summed E-state index contributed by atoms with van der Waals surface area (Å²) >= 11 is 0. The van der Waals surface area contributed by atoms with Crippen LogP contribution in [0.3, 0.4) is 0 Å². The molecule has 11 heteroatoms. The Hall–Kier alpha value is -3.06. The second-order valence-corrected chi connectivity index (χ2v) is 10.3. The zero-order valence-corrected chi connectivity index (χ0v) is 20.3. The molecule has 3 aliphatic rings. The molecule has 2 aromatic carbocycles. The number of phenolic OH excluding ortho intramolecular Hbond substituents is 3. The van der Waals surface area contributed by atoms with Gasteiger partial charge in [-0.25, -0.2) is 0 Å². The van der Waals surface area contributed by atoms with Crippen LogP contribution in [-0.2, 0) is 15.9 Å². The smallest absolute Gasteiger partial charge is 0.202 e. The second-order valence-electron chi connectivity index (χ2n) is 10.3. The zero-order valence-electron chi connectivity index (χ0n) is 20.3. The number of carbonyl (C=O) groups is 2. The quantitative estimate of drug-likeness (QED) is 0.234. The van der Waals surface area contributed by atoms with Crippen LogP contribution in [0.1, 0.15) is 74.9 Å². The summed E-state index contributed by atoms with van der Waals surface area (Å²) in [5.74, 6) is -3.37. The van der Waals surface area contributed by atoms with Crippen LogP contribution in [0.25, 0.3) is 0 Å². The third-order valence-corrected chi connectivity index (χ3v) is 7.51. The van der Waals surface area contributed by atoms with E-state index in [4.69, 9.17) is 9.47 Å². The average molecular weight is 516 g/mol. The fourth-order valence-corrected chi connectivity index (χ4v) is 5.49. The first kappa shape index (κ1) is 25.6. The van der Waals surface area contributed by atoms with Crippen molar-refractivity contribution in [3.8, 4) is 17.2 Å². The molecular formula is C26H28O11. The van der Waals surface area contributed by atoms with Crippen molar-refractivity contribution in [3.63, 3.8) is 0 Å². The third-order valence-electron chi connectivity index (χ3n) is 7.51. The number of aromatic hydroxyl groups is 3. The Bertz CT molecular complexity index is 1330. The lowest BCUT2D eigenvalue weighted by atomic mass is 9.73. The summed E-state index contributed by atoms with van der Waals surface area (Å²) in [5, 5.41) is 74.6. The predicted octanol–water partition coefficient (Wildman–Crippen LogP) is 0.470. The molecule has 1 heterocycles. The van der Waals surface area contributed by atoms with Crippen molar-refractivity contribution in [3.05, 3.63) is 51.1 Å². The topological polar surface area (TPSA) is 194 Å². The molecule has 198 valence electrons. The molecule has 5 rings (SSSR count). The van der Waals surface area contributed by atoms with Gasteiger partial charge in [-0.15, -0.1) is 0 Å². The SMILES string of the molecule is Cc1ccc2c(c1O)C(=O)c1c(O)c3c(c(O)c1C2=O)C[C@@](C)(O)C[C@@H]3O[C@@H]1O[C@@H](C)[C@H](O)[C@@H](O)[C@H]1O. The minimum Gasteiger partial charge on any atom is -0.507 e. The summed E-state index contributed by atoms with van der Waals surface area (Å²) in [6, 6.07) is 2.81. The van der Waals surface area contributed by atoms with Gasteiger partial charge in [0.25, 0.3) is 0 Å². The molecule has 1 fully saturated rings. The van der Waals surface area contributed by atoms with Gasteiger partial charge in [0.2, 0.25) is 5.78 Å². The lowest BCUT2D eigenvalue weighted by Gasteiger charge is -2.43. The van der Waals surface area contributed by atoms with Gasteiger partial charge in [0.1, 0.15) is 35.6 Å². The van der Waals surface area contributed by atoms with Crippen molar-refractivity contribution < 1.29 is 54.8 Å². The molecule has 7 atom stereocenters. The number of phenols is 3. The highest BCUT2D eigenvalue weighted by molar-refractivity contribution is 6.31. The van der Waals surface area contributed by atoms with Gasteiger partial charge in [-0.2, -0.15) is 0 Å². The molecule has 1 aliphatic heterocycles. The fraction of sp³-hybridized carbons (Fsp3) is 0.462. The molecule has 0 amide bonds. The molecule has 2 aliphatic carbocycles. The summed E-state index contributed by atoms with van der Waals surface area (Å²) < 4.78 is 11.4. The van der Waals surface area contributed by atoms with Gasteiger partial charge in [-0.3, -0.25) is 9.59 Å². The monoisotopic (exact) mass is 516 g/mol. The highest BCUT2D eigenvalue weighted by atomic mass is 16.7. The number of aliphatic hydroxyl groups is 4. The van der Waals surface area contributed by atoms with E-state index in [-0.39, 0.29) is 35.1 Å². The van der Waals surface area contributed by atoms with Gasteiger partial charge < -0.3 is 45.2 Å². The summed E-state index contributed by atoms with van der Waals surface area (Å²) in [7, 11) is 0. The number of benzene rings is 2. The summed E-state index contributed by atoms with van der Waals surface area (Å²) in [4.78, 5) is 26.8. The van der Waals surface area contributed by atoms with Gasteiger partial charge in [-0.1, -0.05) is 6.07 Å². The first-order chi connectivity index (χ1) is 17.2. The number of aryl methyl sites for hydroxylation is 1. The van der Waals surface area contributed by atoms with Crippen LogP contribution in [0.4, 0.5) is 0 Å². The minimum atomic E-state index is -1.69. The molecule has 2 aromatic rings. The lowest BCUT2D eigenvalue weighted by Crippen LogP contribution is -2.57. The molecule has 1 saturated heterocycles. The molecule has 0 bridgehead atoms. The Morgan fingerprint density at radius 2 is 1.57 bits per heavy atom. The van der Waals surface area contributed by atoms with Gasteiger partial charge in [0, 0.05) is 29.5 Å². The molecule has 11 nitrogen and oxygen atoms in total. The van der Waals surface area contributed by atoms with Crippen LogP contribution >= 0.6 is 0 Å². The Labute approximate surface area is 211 Å². The van der Waals surface area contributed by atoms with E-state index in [0.717, 1.165) is 0 Å². The molecule has 37 heavy (non-hydrogen) atoms. The second kappa shape index (κ2) is 8.48. The summed E-state index contributed by atoms with van der Waals surface area (Å²) in [6.45, 7) is 4.45. The van der Waals surface area contributed by atoms with E-state index in [1.807, 2.05) is 0 Å². The van der Waals surface area contributed by atoms with Crippen LogP contribution in [0.2, 0.25) is 0 Å². The molecule has 0 spiro atoms. The van der Waals surface area contributed by atoms with Crippen LogP contribution in [0.15, 0.2) is 12.1 Å². The number of ketones is 2. The summed E-state index contributed by atoms with van der Waals surface area (Å²) in [6.07, 6.45) is -8.75. The zero-order chi connectivity index (χ0) is 27.1. The van der Waals surface area contributed by atoms with Crippen molar-refractivity contribution in [2.45, 2.75) is 76.0 Å². The van der Waals surface area contributed by atoms with E-state index in [2.05, 4.69) is 0 Å². The van der Waals surface area contributed by atoms with Gasteiger partial charge in [0.05, 0.1) is 34.5 Å². The average Bonchev–Trinajstić information content (AvgIpc) is 2.82. The van der Waals surface area contributed by atoms with Crippen LogP contribution < -0.4 is 0 Å². The van der Waals surface area contributed by atoms with Crippen LogP contribution in [0, 0.1) is 6.92 Å². The van der Waals surface area contributed by atoms with E-state index >= 15 is 0 Å². The van der Waals surface area contributed by atoms with E-state index in [1.165, 1.54) is 26.0 Å². The largest absolute Gasteiger partial charge is 0.507 e. The van der Waals surface area contributed by atoms with Crippen LogP contribution in [0.5, 0.6) is 17.2 Å². The van der Waals surface area contributed by atoms with Crippen molar-refractivity contribution in [1.82, 2.24) is 0 Å². The van der Waals surface area contributed by atoms with E-state index < -0.39 is 82.4 Å².